The van der Waals surface area contributed by atoms with Gasteiger partial charge in [-0.25, -0.2) is 0 Å². The van der Waals surface area contributed by atoms with E-state index in [-0.39, 0.29) is 0 Å². The fourth-order valence-electron chi connectivity index (χ4n) is 2.84. The van der Waals surface area contributed by atoms with Crippen LogP contribution in [0.5, 0.6) is 0 Å². The first-order valence-corrected chi connectivity index (χ1v) is 9.70. The molecule has 2 rings (SSSR count). The van der Waals surface area contributed by atoms with Gasteiger partial charge in [0.2, 0.25) is 11.8 Å². The summed E-state index contributed by atoms with van der Waals surface area (Å²) in [6.45, 7) is 0.848. The number of rotatable bonds is 11. The first-order chi connectivity index (χ1) is 14.4. The van der Waals surface area contributed by atoms with E-state index in [1.165, 1.54) is 6.92 Å². The molecule has 0 aliphatic heterocycles. The lowest BCUT2D eigenvalue weighted by atomic mass is 10.0. The Morgan fingerprint density at radius 1 is 0.900 bits per heavy atom. The van der Waals surface area contributed by atoms with Crippen LogP contribution in [-0.4, -0.2) is 52.7 Å². The molecule has 0 spiro atoms. The average Bonchev–Trinajstić information content (AvgIpc) is 2.75. The Morgan fingerprint density at radius 2 is 1.50 bits per heavy atom. The number of carbonyl (C=O) groups excluding carboxylic acids is 2. The third kappa shape index (κ3) is 7.31. The van der Waals surface area contributed by atoms with Crippen LogP contribution < -0.4 is 16.0 Å². The van der Waals surface area contributed by atoms with Gasteiger partial charge in [-0.1, -0.05) is 48.5 Å². The van der Waals surface area contributed by atoms with E-state index in [1.807, 2.05) is 30.3 Å². The number of anilines is 1. The van der Waals surface area contributed by atoms with Gasteiger partial charge in [0.25, 0.3) is 0 Å². The number of aliphatic hydroxyl groups excluding tert-OH is 1. The number of carbonyl (C=O) groups is 3. The number of amides is 2. The van der Waals surface area contributed by atoms with Crippen LogP contribution in [0.1, 0.15) is 18.9 Å². The van der Waals surface area contributed by atoms with Crippen LogP contribution in [-0.2, 0) is 20.8 Å². The van der Waals surface area contributed by atoms with Crippen molar-refractivity contribution in [3.8, 4) is 0 Å². The summed E-state index contributed by atoms with van der Waals surface area (Å²) in [5.41, 5.74) is 1.54. The number of aliphatic hydroxyl groups is 1. The minimum Gasteiger partial charge on any atom is -0.480 e. The number of hydrogen-bond donors (Lipinski definition) is 5. The lowest BCUT2D eigenvalue weighted by molar-refractivity contribution is -0.139. The van der Waals surface area contributed by atoms with Gasteiger partial charge in [0.15, 0.2) is 0 Å². The van der Waals surface area contributed by atoms with E-state index in [2.05, 4.69) is 16.0 Å². The third-order valence-corrected chi connectivity index (χ3v) is 4.56. The lowest BCUT2D eigenvalue weighted by Gasteiger charge is -2.23. The van der Waals surface area contributed by atoms with Crippen LogP contribution >= 0.6 is 0 Å². The molecule has 8 nitrogen and oxygen atoms in total. The summed E-state index contributed by atoms with van der Waals surface area (Å²) in [6.07, 6.45) is 0.865. The Bertz CT molecular complexity index is 829. The second-order valence-electron chi connectivity index (χ2n) is 6.90. The van der Waals surface area contributed by atoms with Gasteiger partial charge in [0.1, 0.15) is 12.1 Å². The zero-order valence-corrected chi connectivity index (χ0v) is 16.7. The predicted octanol–water partition coefficient (Wildman–Crippen LogP) is 1.17. The van der Waals surface area contributed by atoms with E-state index in [0.29, 0.717) is 18.5 Å². The normalized spacial score (nSPS) is 13.7. The first-order valence-electron chi connectivity index (χ1n) is 9.70. The van der Waals surface area contributed by atoms with Gasteiger partial charge < -0.3 is 20.8 Å². The van der Waals surface area contributed by atoms with Crippen molar-refractivity contribution >= 4 is 23.5 Å². The Morgan fingerprint density at radius 3 is 2.07 bits per heavy atom. The SMILES string of the molecule is C[C@@H](N[C@@H](CCc1ccccc1)C(=O)N[C@@H](CO)C(=O)Nc1ccccc1)C(=O)O. The number of benzene rings is 2. The minimum atomic E-state index is -1.17. The van der Waals surface area contributed by atoms with Gasteiger partial charge >= 0.3 is 5.97 Å². The van der Waals surface area contributed by atoms with Crippen molar-refractivity contribution < 1.29 is 24.6 Å². The van der Waals surface area contributed by atoms with E-state index in [0.717, 1.165) is 5.56 Å². The second-order valence-corrected chi connectivity index (χ2v) is 6.90. The van der Waals surface area contributed by atoms with Gasteiger partial charge in [-0.3, -0.25) is 19.7 Å². The molecule has 2 amide bonds. The smallest absolute Gasteiger partial charge is 0.320 e. The molecule has 0 radical (unpaired) electrons. The molecule has 5 N–H and O–H groups in total. The highest BCUT2D eigenvalue weighted by Gasteiger charge is 2.27. The van der Waals surface area contributed by atoms with Gasteiger partial charge in [0.05, 0.1) is 12.6 Å². The van der Waals surface area contributed by atoms with Crippen molar-refractivity contribution in [3.05, 3.63) is 66.2 Å². The maximum atomic E-state index is 12.8. The second kappa shape index (κ2) is 11.7. The molecule has 0 aliphatic carbocycles. The molecule has 0 saturated carbocycles. The van der Waals surface area contributed by atoms with Crippen LogP contribution in [0.3, 0.4) is 0 Å². The number of para-hydroxylation sites is 1. The van der Waals surface area contributed by atoms with Crippen molar-refractivity contribution in [2.24, 2.45) is 0 Å². The van der Waals surface area contributed by atoms with E-state index < -0.39 is 42.5 Å². The molecular formula is C22H27N3O5. The summed E-state index contributed by atoms with van der Waals surface area (Å²) in [5.74, 6) is -2.21. The van der Waals surface area contributed by atoms with Crippen molar-refractivity contribution in [2.75, 3.05) is 11.9 Å². The fourth-order valence-corrected chi connectivity index (χ4v) is 2.84. The predicted molar refractivity (Wildman–Crippen MR) is 113 cm³/mol. The zero-order valence-electron chi connectivity index (χ0n) is 16.7. The molecule has 160 valence electrons. The van der Waals surface area contributed by atoms with Crippen molar-refractivity contribution in [3.63, 3.8) is 0 Å². The molecule has 0 fully saturated rings. The van der Waals surface area contributed by atoms with E-state index in [4.69, 9.17) is 0 Å². The Balaban J connectivity index is 2.04. The first kappa shape index (κ1) is 23.1. The number of hydrogen-bond acceptors (Lipinski definition) is 5. The number of carboxylic acid groups (broad SMARTS) is 1. The van der Waals surface area contributed by atoms with Crippen LogP contribution in [0.4, 0.5) is 5.69 Å². The summed E-state index contributed by atoms with van der Waals surface area (Å²) < 4.78 is 0. The molecule has 3 atom stereocenters. The standard InChI is InChI=1S/C22H27N3O5/c1-15(22(29)30)23-18(13-12-16-8-4-2-5-9-16)20(27)25-19(14-26)21(28)24-17-10-6-3-7-11-17/h2-11,15,18-19,23,26H,12-14H2,1H3,(H,24,28)(H,25,27)(H,29,30)/t15-,18+,19+/m1/s1. The van der Waals surface area contributed by atoms with Crippen LogP contribution in [0.15, 0.2) is 60.7 Å². The number of nitrogens with one attached hydrogen (secondary N) is 3. The Labute approximate surface area is 175 Å². The largest absolute Gasteiger partial charge is 0.480 e. The van der Waals surface area contributed by atoms with Crippen molar-refractivity contribution in [1.29, 1.82) is 0 Å². The van der Waals surface area contributed by atoms with Crippen LogP contribution in [0, 0.1) is 0 Å². The quantitative estimate of drug-likeness (QED) is 0.376. The maximum Gasteiger partial charge on any atom is 0.320 e. The molecule has 0 aromatic heterocycles. The third-order valence-electron chi connectivity index (χ3n) is 4.56. The minimum absolute atomic E-state index is 0.325. The molecule has 0 unspecified atom stereocenters. The number of aliphatic carboxylic acids is 1. The van der Waals surface area contributed by atoms with Crippen LogP contribution in [0.2, 0.25) is 0 Å². The highest BCUT2D eigenvalue weighted by Crippen LogP contribution is 2.08. The molecule has 0 heterocycles. The average molecular weight is 413 g/mol. The number of carboxylic acids is 1. The number of aryl methyl sites for hydroxylation is 1. The molecule has 8 heteroatoms. The van der Waals surface area contributed by atoms with Crippen molar-refractivity contribution in [1.82, 2.24) is 10.6 Å². The lowest BCUT2D eigenvalue weighted by Crippen LogP contribution is -2.55. The van der Waals surface area contributed by atoms with Gasteiger partial charge in [0, 0.05) is 5.69 Å². The fraction of sp³-hybridized carbons (Fsp3) is 0.318. The molecule has 0 bridgehead atoms. The van der Waals surface area contributed by atoms with E-state index >= 15 is 0 Å². The maximum absolute atomic E-state index is 12.8. The topological polar surface area (TPSA) is 128 Å². The van der Waals surface area contributed by atoms with Gasteiger partial charge in [-0.2, -0.15) is 0 Å². The molecule has 30 heavy (non-hydrogen) atoms. The molecular weight excluding hydrogens is 386 g/mol. The summed E-state index contributed by atoms with van der Waals surface area (Å²) in [4.78, 5) is 36.4. The highest BCUT2D eigenvalue weighted by molar-refractivity contribution is 5.98. The van der Waals surface area contributed by atoms with Crippen molar-refractivity contribution in [2.45, 2.75) is 37.9 Å². The van der Waals surface area contributed by atoms with Gasteiger partial charge in [-0.15, -0.1) is 0 Å². The summed E-state index contributed by atoms with van der Waals surface area (Å²) in [7, 11) is 0. The Hall–Kier alpha value is -3.23. The zero-order chi connectivity index (χ0) is 21.9. The molecule has 2 aromatic rings. The monoisotopic (exact) mass is 413 g/mol. The molecule has 0 saturated heterocycles. The molecule has 2 aromatic carbocycles. The summed E-state index contributed by atoms with van der Waals surface area (Å²) in [6, 6.07) is 15.2. The van der Waals surface area contributed by atoms with Crippen LogP contribution in [0.25, 0.3) is 0 Å². The molecule has 0 aliphatic rings. The Kier molecular flexibility index (Phi) is 8.99. The van der Waals surface area contributed by atoms with Gasteiger partial charge in [-0.05, 0) is 37.5 Å². The highest BCUT2D eigenvalue weighted by atomic mass is 16.4. The van der Waals surface area contributed by atoms with E-state index in [9.17, 15) is 24.6 Å². The summed E-state index contributed by atoms with van der Waals surface area (Å²) >= 11 is 0. The van der Waals surface area contributed by atoms with E-state index in [1.54, 1.807) is 30.3 Å². The summed E-state index contributed by atoms with van der Waals surface area (Å²) in [5, 5.41) is 26.7.